The third-order valence-electron chi connectivity index (χ3n) is 4.65. The molecule has 8 heteroatoms. The number of amides is 1. The highest BCUT2D eigenvalue weighted by Crippen LogP contribution is 2.35. The van der Waals surface area contributed by atoms with Crippen molar-refractivity contribution in [3.63, 3.8) is 0 Å². The molecule has 0 unspecified atom stereocenters. The second-order valence-electron chi connectivity index (χ2n) is 8.05. The standard InChI is InChI=1S/C20H22ClF3N2O2/c1-19(2,3)28-18(27)25-9-15-6-14(13-4-5-17(24)16(21)7-13)8-26(15)20(10-22,11-23)12-25/h4-8H,9-12H2,1-3H3. The molecule has 0 fully saturated rings. The molecule has 1 aromatic carbocycles. The number of alkyl halides is 2. The van der Waals surface area contributed by atoms with E-state index in [1.807, 2.05) is 0 Å². The number of benzene rings is 1. The Labute approximate surface area is 166 Å². The predicted molar refractivity (Wildman–Crippen MR) is 101 cm³/mol. The summed E-state index contributed by atoms with van der Waals surface area (Å²) < 4.78 is 48.4. The first-order valence-electron chi connectivity index (χ1n) is 8.85. The van der Waals surface area contributed by atoms with Crippen molar-refractivity contribution in [2.75, 3.05) is 19.9 Å². The molecule has 0 saturated carbocycles. The molecule has 1 aliphatic rings. The summed E-state index contributed by atoms with van der Waals surface area (Å²) in [4.78, 5) is 13.8. The molecule has 28 heavy (non-hydrogen) atoms. The van der Waals surface area contributed by atoms with E-state index >= 15 is 0 Å². The molecule has 0 aliphatic carbocycles. The fourth-order valence-corrected chi connectivity index (χ4v) is 3.47. The Bertz CT molecular complexity index is 888. The number of halogens is 4. The number of nitrogens with zero attached hydrogens (tertiary/aromatic N) is 2. The van der Waals surface area contributed by atoms with Crippen LogP contribution in [0.4, 0.5) is 18.0 Å². The van der Waals surface area contributed by atoms with E-state index in [2.05, 4.69) is 0 Å². The van der Waals surface area contributed by atoms with Gasteiger partial charge in [0, 0.05) is 11.9 Å². The zero-order chi connectivity index (χ0) is 20.7. The highest BCUT2D eigenvalue weighted by Gasteiger charge is 2.42. The molecule has 1 aliphatic heterocycles. The van der Waals surface area contributed by atoms with E-state index in [9.17, 15) is 18.0 Å². The van der Waals surface area contributed by atoms with Gasteiger partial charge in [-0.1, -0.05) is 17.7 Å². The average Bonchev–Trinajstić information content (AvgIpc) is 3.06. The average molecular weight is 415 g/mol. The Balaban J connectivity index is 2.00. The van der Waals surface area contributed by atoms with Crippen LogP contribution in [0, 0.1) is 5.82 Å². The molecular formula is C20H22ClF3N2O2. The Hall–Kier alpha value is -2.15. The number of aromatic nitrogens is 1. The highest BCUT2D eigenvalue weighted by molar-refractivity contribution is 6.31. The number of hydrogen-bond donors (Lipinski definition) is 0. The molecule has 1 amide bonds. The van der Waals surface area contributed by atoms with Gasteiger partial charge in [-0.2, -0.15) is 0 Å². The van der Waals surface area contributed by atoms with Gasteiger partial charge in [0.05, 0.1) is 18.1 Å². The van der Waals surface area contributed by atoms with Gasteiger partial charge >= 0.3 is 6.09 Å². The van der Waals surface area contributed by atoms with Gasteiger partial charge in [0.25, 0.3) is 0 Å². The van der Waals surface area contributed by atoms with Gasteiger partial charge < -0.3 is 9.30 Å². The fraction of sp³-hybridized carbons (Fsp3) is 0.450. The van der Waals surface area contributed by atoms with Gasteiger partial charge in [-0.15, -0.1) is 0 Å². The molecule has 0 saturated heterocycles. The van der Waals surface area contributed by atoms with Crippen molar-refractivity contribution in [3.05, 3.63) is 47.0 Å². The van der Waals surface area contributed by atoms with E-state index < -0.39 is 36.4 Å². The minimum atomic E-state index is -1.54. The number of rotatable bonds is 3. The number of carbonyl (C=O) groups excluding carboxylic acids is 1. The Morgan fingerprint density at radius 2 is 1.89 bits per heavy atom. The lowest BCUT2D eigenvalue weighted by molar-refractivity contribution is -0.000390. The van der Waals surface area contributed by atoms with Gasteiger partial charge in [-0.3, -0.25) is 4.90 Å². The van der Waals surface area contributed by atoms with Crippen LogP contribution < -0.4 is 0 Å². The fourth-order valence-electron chi connectivity index (χ4n) is 3.29. The summed E-state index contributed by atoms with van der Waals surface area (Å²) >= 11 is 5.86. The molecule has 3 rings (SSSR count). The monoisotopic (exact) mass is 414 g/mol. The molecule has 0 spiro atoms. The van der Waals surface area contributed by atoms with Gasteiger partial charge in [0.15, 0.2) is 0 Å². The maximum atomic E-state index is 14.0. The number of carbonyl (C=O) groups is 1. The van der Waals surface area contributed by atoms with Crippen LogP contribution in [0.2, 0.25) is 5.02 Å². The normalized spacial score (nSPS) is 16.0. The van der Waals surface area contributed by atoms with Crippen molar-refractivity contribution in [3.8, 4) is 11.1 Å². The van der Waals surface area contributed by atoms with E-state index in [-0.39, 0.29) is 18.1 Å². The molecule has 0 N–H and O–H groups in total. The first kappa shape index (κ1) is 20.6. The largest absolute Gasteiger partial charge is 0.444 e. The van der Waals surface area contributed by atoms with Crippen molar-refractivity contribution in [1.29, 1.82) is 0 Å². The van der Waals surface area contributed by atoms with Crippen molar-refractivity contribution >= 4 is 17.7 Å². The Morgan fingerprint density at radius 3 is 2.46 bits per heavy atom. The zero-order valence-electron chi connectivity index (χ0n) is 15.9. The van der Waals surface area contributed by atoms with Crippen molar-refractivity contribution in [2.45, 2.75) is 38.5 Å². The molecule has 0 radical (unpaired) electrons. The molecule has 0 bridgehead atoms. The van der Waals surface area contributed by atoms with Crippen molar-refractivity contribution < 1.29 is 22.7 Å². The van der Waals surface area contributed by atoms with Gasteiger partial charge in [-0.25, -0.2) is 18.0 Å². The maximum Gasteiger partial charge on any atom is 0.410 e. The SMILES string of the molecule is CC(C)(C)OC(=O)N1Cc2cc(-c3ccc(F)c(Cl)c3)cn2C(CF)(CF)C1. The molecule has 152 valence electrons. The molecule has 2 heterocycles. The summed E-state index contributed by atoms with van der Waals surface area (Å²) in [5.74, 6) is -0.549. The summed E-state index contributed by atoms with van der Waals surface area (Å²) in [7, 11) is 0. The quantitative estimate of drug-likeness (QED) is 0.680. The van der Waals surface area contributed by atoms with Crippen LogP contribution in [0.5, 0.6) is 0 Å². The van der Waals surface area contributed by atoms with Crippen molar-refractivity contribution in [2.24, 2.45) is 0 Å². The number of ether oxygens (including phenoxy) is 1. The molecule has 0 atom stereocenters. The van der Waals surface area contributed by atoms with Gasteiger partial charge in [-0.05, 0) is 50.1 Å². The minimum absolute atomic E-state index is 0.0423. The first-order chi connectivity index (χ1) is 13.1. The van der Waals surface area contributed by atoms with E-state index in [0.29, 0.717) is 16.8 Å². The van der Waals surface area contributed by atoms with Gasteiger partial charge in [0.1, 0.15) is 30.3 Å². The van der Waals surface area contributed by atoms with E-state index in [1.54, 1.807) is 39.1 Å². The number of fused-ring (bicyclic) bond motifs is 1. The zero-order valence-corrected chi connectivity index (χ0v) is 16.7. The first-order valence-corrected chi connectivity index (χ1v) is 9.23. The van der Waals surface area contributed by atoms with Crippen LogP contribution in [0.15, 0.2) is 30.5 Å². The lowest BCUT2D eigenvalue weighted by Crippen LogP contribution is -2.55. The van der Waals surface area contributed by atoms with E-state index in [4.69, 9.17) is 16.3 Å². The number of hydrogen-bond acceptors (Lipinski definition) is 2. The topological polar surface area (TPSA) is 34.5 Å². The van der Waals surface area contributed by atoms with Crippen LogP contribution in [0.25, 0.3) is 11.1 Å². The van der Waals surface area contributed by atoms with Crippen LogP contribution in [-0.4, -0.2) is 41.1 Å². The van der Waals surface area contributed by atoms with Crippen LogP contribution in [-0.2, 0) is 16.8 Å². The lowest BCUT2D eigenvalue weighted by atomic mass is 9.99. The summed E-state index contributed by atoms with van der Waals surface area (Å²) in [5.41, 5.74) is -0.450. The summed E-state index contributed by atoms with van der Waals surface area (Å²) in [6.45, 7) is 3.19. The molecule has 4 nitrogen and oxygen atoms in total. The Morgan fingerprint density at radius 1 is 1.21 bits per heavy atom. The van der Waals surface area contributed by atoms with Crippen LogP contribution in [0.3, 0.4) is 0 Å². The highest BCUT2D eigenvalue weighted by atomic mass is 35.5. The third kappa shape index (κ3) is 3.85. The third-order valence-corrected chi connectivity index (χ3v) is 4.94. The predicted octanol–water partition coefficient (Wildman–Crippen LogP) is 5.33. The maximum absolute atomic E-state index is 14.0. The van der Waals surface area contributed by atoms with Crippen LogP contribution in [0.1, 0.15) is 26.5 Å². The summed E-state index contributed by atoms with van der Waals surface area (Å²) in [5, 5.41) is -0.0423. The molecule has 2 aromatic rings. The molecular weight excluding hydrogens is 393 g/mol. The van der Waals surface area contributed by atoms with E-state index in [1.165, 1.54) is 21.6 Å². The second-order valence-corrected chi connectivity index (χ2v) is 8.45. The van der Waals surface area contributed by atoms with Crippen molar-refractivity contribution in [1.82, 2.24) is 9.47 Å². The second kappa shape index (κ2) is 7.35. The molecule has 1 aromatic heterocycles. The lowest BCUT2D eigenvalue weighted by Gasteiger charge is -2.41. The smallest absolute Gasteiger partial charge is 0.410 e. The summed E-state index contributed by atoms with van der Waals surface area (Å²) in [6, 6.07) is 5.95. The summed E-state index contributed by atoms with van der Waals surface area (Å²) in [6.07, 6.45) is 0.988. The Kier molecular flexibility index (Phi) is 5.40. The van der Waals surface area contributed by atoms with E-state index in [0.717, 1.165) is 0 Å². The minimum Gasteiger partial charge on any atom is -0.444 e. The van der Waals surface area contributed by atoms with Crippen LogP contribution >= 0.6 is 11.6 Å². The van der Waals surface area contributed by atoms with Gasteiger partial charge in [0.2, 0.25) is 0 Å².